The van der Waals surface area contributed by atoms with Crippen LogP contribution in [-0.4, -0.2) is 21.1 Å². The van der Waals surface area contributed by atoms with Crippen molar-refractivity contribution in [2.45, 2.75) is 31.8 Å². The van der Waals surface area contributed by atoms with E-state index in [-0.39, 0.29) is 22.8 Å². The maximum atomic E-state index is 15.1. The molecule has 178 valence electrons. The number of hydrogen-bond acceptors (Lipinski definition) is 4. The van der Waals surface area contributed by atoms with Crippen LogP contribution in [0.15, 0.2) is 78.2 Å². The minimum Gasteiger partial charge on any atom is -0.483 e. The van der Waals surface area contributed by atoms with Gasteiger partial charge in [-0.25, -0.2) is 4.39 Å². The van der Waals surface area contributed by atoms with Gasteiger partial charge in [-0.1, -0.05) is 54.1 Å². The molecule has 1 atom stereocenters. The predicted molar refractivity (Wildman–Crippen MR) is 135 cm³/mol. The molecule has 0 saturated heterocycles. The minimum atomic E-state index is -4.01. The summed E-state index contributed by atoms with van der Waals surface area (Å²) in [6, 6.07) is 14.4. The number of rotatable bonds is 9. The molecule has 0 aliphatic heterocycles. The van der Waals surface area contributed by atoms with E-state index in [2.05, 4.69) is 6.58 Å². The molecule has 7 heteroatoms. The van der Waals surface area contributed by atoms with Crippen molar-refractivity contribution < 1.29 is 21.7 Å². The van der Waals surface area contributed by atoms with Crippen LogP contribution in [0.4, 0.5) is 4.39 Å². The predicted octanol–water partition coefficient (Wildman–Crippen LogP) is 7.13. The van der Waals surface area contributed by atoms with Crippen LogP contribution in [0.3, 0.4) is 0 Å². The van der Waals surface area contributed by atoms with Gasteiger partial charge in [0.05, 0.1) is 10.5 Å². The molecule has 0 aliphatic rings. The van der Waals surface area contributed by atoms with E-state index in [0.717, 1.165) is 11.1 Å². The van der Waals surface area contributed by atoms with Crippen LogP contribution in [0.2, 0.25) is 5.02 Å². The third-order valence-electron chi connectivity index (χ3n) is 5.17. The number of halogens is 2. The maximum Gasteiger partial charge on any atom is 0.297 e. The van der Waals surface area contributed by atoms with Crippen molar-refractivity contribution in [3.63, 3.8) is 0 Å². The summed E-state index contributed by atoms with van der Waals surface area (Å²) >= 11 is 6.09. The van der Waals surface area contributed by atoms with Gasteiger partial charge in [-0.15, -0.1) is 0 Å². The fraction of sp³-hybridized carbons (Fsp3) is 0.185. The molecule has 3 aromatic rings. The van der Waals surface area contributed by atoms with Crippen LogP contribution in [-0.2, 0) is 14.3 Å². The first-order valence-corrected chi connectivity index (χ1v) is 12.4. The second-order valence-electron chi connectivity index (χ2n) is 7.74. The first-order valence-electron chi connectivity index (χ1n) is 10.6. The average Bonchev–Trinajstić information content (AvgIpc) is 2.79. The fourth-order valence-electron chi connectivity index (χ4n) is 3.40. The van der Waals surface area contributed by atoms with Crippen molar-refractivity contribution in [3.05, 3.63) is 101 Å². The lowest BCUT2D eigenvalue weighted by atomic mass is 9.96. The van der Waals surface area contributed by atoms with E-state index in [1.807, 2.05) is 20.8 Å². The molecule has 0 radical (unpaired) electrons. The van der Waals surface area contributed by atoms with Gasteiger partial charge in [0, 0.05) is 10.6 Å². The minimum absolute atomic E-state index is 0.0405. The average molecular weight is 501 g/mol. The summed E-state index contributed by atoms with van der Waals surface area (Å²) in [4.78, 5) is 0.0405. The van der Waals surface area contributed by atoms with Gasteiger partial charge < -0.3 is 4.74 Å². The van der Waals surface area contributed by atoms with E-state index in [1.54, 1.807) is 48.6 Å². The molecule has 3 aromatic carbocycles. The first kappa shape index (κ1) is 25.7. The number of aryl methyl sites for hydroxylation is 2. The summed E-state index contributed by atoms with van der Waals surface area (Å²) in [5.41, 5.74) is 3.18. The van der Waals surface area contributed by atoms with Crippen LogP contribution in [0.5, 0.6) is 5.75 Å². The summed E-state index contributed by atoms with van der Waals surface area (Å²) in [6.07, 6.45) is 4.15. The molecular weight excluding hydrogens is 475 g/mol. The van der Waals surface area contributed by atoms with Gasteiger partial charge in [-0.2, -0.15) is 8.42 Å². The molecule has 0 aliphatic carbocycles. The highest BCUT2D eigenvalue weighted by Crippen LogP contribution is 2.39. The molecular formula is C27H26ClFO4S. The van der Waals surface area contributed by atoms with Crippen molar-refractivity contribution in [2.75, 3.05) is 6.61 Å². The van der Waals surface area contributed by atoms with Crippen molar-refractivity contribution in [1.82, 2.24) is 0 Å². The van der Waals surface area contributed by atoms with Crippen molar-refractivity contribution in [1.29, 1.82) is 0 Å². The van der Waals surface area contributed by atoms with Crippen LogP contribution in [0.25, 0.3) is 17.2 Å². The Kier molecular flexibility index (Phi) is 8.31. The van der Waals surface area contributed by atoms with Crippen LogP contribution >= 0.6 is 11.6 Å². The maximum absolute atomic E-state index is 15.1. The second-order valence-corrected chi connectivity index (χ2v) is 9.80. The Morgan fingerprint density at radius 2 is 1.79 bits per heavy atom. The van der Waals surface area contributed by atoms with Crippen molar-refractivity contribution in [3.8, 4) is 16.9 Å². The Hall–Kier alpha value is -2.93. The molecule has 4 nitrogen and oxygen atoms in total. The van der Waals surface area contributed by atoms with Gasteiger partial charge in [0.2, 0.25) is 0 Å². The number of hydrogen-bond donors (Lipinski definition) is 0. The molecule has 0 fully saturated rings. The number of ether oxygens (including phenoxy) is 1. The molecule has 0 bridgehead atoms. The smallest absolute Gasteiger partial charge is 0.297 e. The van der Waals surface area contributed by atoms with Gasteiger partial charge in [0.1, 0.15) is 24.3 Å². The molecule has 0 spiro atoms. The van der Waals surface area contributed by atoms with Gasteiger partial charge in [0.25, 0.3) is 10.1 Å². The van der Waals surface area contributed by atoms with Gasteiger partial charge in [-0.3, -0.25) is 4.18 Å². The number of benzene rings is 3. The highest BCUT2D eigenvalue weighted by Gasteiger charge is 2.22. The van der Waals surface area contributed by atoms with E-state index in [4.69, 9.17) is 20.5 Å². The Morgan fingerprint density at radius 3 is 2.41 bits per heavy atom. The third-order valence-corrected chi connectivity index (χ3v) is 6.70. The zero-order valence-corrected chi connectivity index (χ0v) is 20.8. The van der Waals surface area contributed by atoms with E-state index in [0.29, 0.717) is 16.1 Å². The lowest BCUT2D eigenvalue weighted by Crippen LogP contribution is -2.23. The largest absolute Gasteiger partial charge is 0.483 e. The van der Waals surface area contributed by atoms with Gasteiger partial charge in [-0.05, 0) is 74.4 Å². The Bertz CT molecular complexity index is 1320. The second kappa shape index (κ2) is 11.0. The zero-order valence-electron chi connectivity index (χ0n) is 19.2. The summed E-state index contributed by atoms with van der Waals surface area (Å²) in [5, 5.41) is 0.535. The SMILES string of the molecule is C=CC(COS(=O)(=O)c1ccc(C)cc1)Oc1c(C=CC)ccc(F)c1-c1ccc(Cl)cc1C. The summed E-state index contributed by atoms with van der Waals surface area (Å²) in [7, 11) is -4.01. The molecule has 34 heavy (non-hydrogen) atoms. The highest BCUT2D eigenvalue weighted by atomic mass is 35.5. The van der Waals surface area contributed by atoms with Crippen LogP contribution in [0, 0.1) is 19.7 Å². The van der Waals surface area contributed by atoms with Crippen molar-refractivity contribution >= 4 is 27.8 Å². The van der Waals surface area contributed by atoms with Crippen molar-refractivity contribution in [2.24, 2.45) is 0 Å². The molecule has 0 heterocycles. The Labute approximate surface area is 205 Å². The van der Waals surface area contributed by atoms with E-state index in [9.17, 15) is 8.42 Å². The van der Waals surface area contributed by atoms with E-state index in [1.165, 1.54) is 24.3 Å². The summed E-state index contributed by atoms with van der Waals surface area (Å²) in [5.74, 6) is -0.227. The Morgan fingerprint density at radius 1 is 1.09 bits per heavy atom. The third kappa shape index (κ3) is 5.95. The normalized spacial score (nSPS) is 12.6. The van der Waals surface area contributed by atoms with E-state index >= 15 is 4.39 Å². The zero-order chi connectivity index (χ0) is 24.9. The number of allylic oxidation sites excluding steroid dienone is 1. The molecule has 1 unspecified atom stereocenters. The topological polar surface area (TPSA) is 52.6 Å². The van der Waals surface area contributed by atoms with Gasteiger partial charge in [0.15, 0.2) is 0 Å². The first-order chi connectivity index (χ1) is 16.2. The highest BCUT2D eigenvalue weighted by molar-refractivity contribution is 7.86. The van der Waals surface area contributed by atoms with Gasteiger partial charge >= 0.3 is 0 Å². The molecule has 0 N–H and O–H groups in total. The van der Waals surface area contributed by atoms with E-state index < -0.39 is 22.0 Å². The van der Waals surface area contributed by atoms with Crippen LogP contribution in [0.1, 0.15) is 23.6 Å². The lowest BCUT2D eigenvalue weighted by Gasteiger charge is -2.21. The lowest BCUT2D eigenvalue weighted by molar-refractivity contribution is 0.168. The van der Waals surface area contributed by atoms with Crippen LogP contribution < -0.4 is 4.74 Å². The Balaban J connectivity index is 1.96. The molecule has 3 rings (SSSR count). The fourth-order valence-corrected chi connectivity index (χ4v) is 4.55. The summed E-state index contributed by atoms with van der Waals surface area (Å²) in [6.45, 7) is 8.94. The molecule has 0 aromatic heterocycles. The molecule has 0 amide bonds. The summed E-state index contributed by atoms with van der Waals surface area (Å²) < 4.78 is 51.7. The molecule has 0 saturated carbocycles. The standard InChI is InChI=1S/C27H26ClFO4S/c1-5-7-20-10-15-25(29)26(24-14-11-21(28)16-19(24)4)27(20)33-22(6-2)17-32-34(30,31)23-12-8-18(3)9-13-23/h5-16,22H,2,17H2,1,3-4H3. The quantitative estimate of drug-likeness (QED) is 0.231. The monoisotopic (exact) mass is 500 g/mol.